The number of hydrogen-bond acceptors (Lipinski definition) is 1. The molecule has 6 aromatic carbocycles. The summed E-state index contributed by atoms with van der Waals surface area (Å²) in [6.07, 6.45) is 14.2. The van der Waals surface area contributed by atoms with E-state index in [-0.39, 0.29) is 0 Å². The molecule has 6 aromatic rings. The van der Waals surface area contributed by atoms with Crippen molar-refractivity contribution in [3.8, 4) is 11.1 Å². The minimum Gasteiger partial charge on any atom is -0.233 e. The molecule has 2 heteroatoms. The van der Waals surface area contributed by atoms with E-state index in [9.17, 15) is 0 Å². The number of allylic oxidation sites excluding steroid dienone is 8. The first-order valence-corrected chi connectivity index (χ1v) is 16.8. The molecule has 0 bridgehead atoms. The van der Waals surface area contributed by atoms with Crippen LogP contribution in [0.15, 0.2) is 192 Å². The Kier molecular flexibility index (Phi) is 9.21. The van der Waals surface area contributed by atoms with Crippen LogP contribution in [0.3, 0.4) is 0 Å². The minimum atomic E-state index is 0.627. The highest BCUT2D eigenvalue weighted by molar-refractivity contribution is 6.13. The zero-order valence-electron chi connectivity index (χ0n) is 28.0. The molecular formula is C47H38N2. The van der Waals surface area contributed by atoms with E-state index in [1.807, 2.05) is 60.7 Å². The Labute approximate surface area is 289 Å². The molecule has 0 radical (unpaired) electrons. The summed E-state index contributed by atoms with van der Waals surface area (Å²) in [5.41, 5.74) is 10.3. The molecule has 0 spiro atoms. The fraction of sp³-hybridized carbons (Fsp3) is 0.0638. The minimum absolute atomic E-state index is 0.627. The Hall–Kier alpha value is -6.12. The number of amidine groups is 1. The van der Waals surface area contributed by atoms with Gasteiger partial charge in [-0.2, -0.15) is 0 Å². The van der Waals surface area contributed by atoms with Crippen LogP contribution in [0.25, 0.3) is 43.9 Å². The third-order valence-corrected chi connectivity index (χ3v) is 8.95. The average Bonchev–Trinajstić information content (AvgIpc) is 3.14. The lowest BCUT2D eigenvalue weighted by molar-refractivity contribution is 1.37. The van der Waals surface area contributed by atoms with Crippen molar-refractivity contribution in [1.29, 1.82) is 0 Å². The number of rotatable bonds is 6. The summed E-state index contributed by atoms with van der Waals surface area (Å²) in [6.45, 7) is 8.46. The number of benzene rings is 6. The summed E-state index contributed by atoms with van der Waals surface area (Å²) in [6, 6.07) is 46.8. The second-order valence-corrected chi connectivity index (χ2v) is 12.3. The van der Waals surface area contributed by atoms with Crippen molar-refractivity contribution in [1.82, 2.24) is 0 Å². The van der Waals surface area contributed by atoms with E-state index in [1.54, 1.807) is 0 Å². The van der Waals surface area contributed by atoms with Crippen molar-refractivity contribution < 1.29 is 0 Å². The van der Waals surface area contributed by atoms with Gasteiger partial charge in [0.1, 0.15) is 0 Å². The molecule has 0 fully saturated rings. The van der Waals surface area contributed by atoms with E-state index in [2.05, 4.69) is 130 Å². The van der Waals surface area contributed by atoms with Crippen LogP contribution in [-0.4, -0.2) is 11.5 Å². The van der Waals surface area contributed by atoms with Crippen LogP contribution in [0.1, 0.15) is 42.5 Å². The maximum Gasteiger partial charge on any atom is 0.160 e. The molecule has 236 valence electrons. The fourth-order valence-electron chi connectivity index (χ4n) is 6.25. The lowest BCUT2D eigenvalue weighted by Crippen LogP contribution is -2.05. The second kappa shape index (κ2) is 14.3. The number of nitrogens with zero attached hydrogens (tertiary/aromatic N) is 2. The van der Waals surface area contributed by atoms with Crippen molar-refractivity contribution in [2.24, 2.45) is 9.98 Å². The summed E-state index contributed by atoms with van der Waals surface area (Å²) in [5, 5.41) is 4.98. The van der Waals surface area contributed by atoms with Crippen LogP contribution in [-0.2, 0) is 0 Å². The molecule has 0 atom stereocenters. The average molecular weight is 631 g/mol. The predicted molar refractivity (Wildman–Crippen MR) is 212 cm³/mol. The molecule has 0 unspecified atom stereocenters. The Bertz CT molecular complexity index is 2360. The molecule has 0 heterocycles. The smallest absolute Gasteiger partial charge is 0.160 e. The third kappa shape index (κ3) is 7.10. The molecule has 0 N–H and O–H groups in total. The summed E-state index contributed by atoms with van der Waals surface area (Å²) in [5.74, 6) is 0.627. The van der Waals surface area contributed by atoms with E-state index in [0.717, 1.165) is 51.1 Å². The lowest BCUT2D eigenvalue weighted by atomic mass is 9.91. The standard InChI is InChI=1S/C47H38N2/c1-4-35-16-8-5-13-22-40(28-35)43-29-42(30-44(31-43)41-27-26-38-25-24-37-19-14-15-23-45(37)46(38)32-41)34(3)49-47(39-20-11-7-12-21-39)48-33(2)36-17-9-6-10-18-36/h4,6-32H,2,5H2,1,3H3/b16-8-,22-13?,35-4+,40-28?,48-47?,49-34?. The van der Waals surface area contributed by atoms with Crippen molar-refractivity contribution >= 4 is 44.4 Å². The van der Waals surface area contributed by atoms with Gasteiger partial charge in [-0.05, 0) is 111 Å². The van der Waals surface area contributed by atoms with Crippen LogP contribution < -0.4 is 0 Å². The quantitative estimate of drug-likeness (QED) is 0.0994. The van der Waals surface area contributed by atoms with Crippen molar-refractivity contribution in [3.05, 3.63) is 204 Å². The van der Waals surface area contributed by atoms with Crippen LogP contribution in [0.5, 0.6) is 0 Å². The highest BCUT2D eigenvalue weighted by Gasteiger charge is 2.13. The molecule has 0 aliphatic heterocycles. The van der Waals surface area contributed by atoms with Gasteiger partial charge in [-0.1, -0.05) is 146 Å². The zero-order valence-corrected chi connectivity index (χ0v) is 28.0. The molecule has 1 aliphatic carbocycles. The van der Waals surface area contributed by atoms with E-state index in [1.165, 1.54) is 27.1 Å². The first-order valence-electron chi connectivity index (χ1n) is 16.8. The van der Waals surface area contributed by atoms with Crippen LogP contribution >= 0.6 is 0 Å². The topological polar surface area (TPSA) is 24.7 Å². The molecule has 0 aromatic heterocycles. The zero-order chi connectivity index (χ0) is 33.6. The maximum absolute atomic E-state index is 5.20. The van der Waals surface area contributed by atoms with Gasteiger partial charge in [-0.25, -0.2) is 9.98 Å². The first-order chi connectivity index (χ1) is 24.1. The van der Waals surface area contributed by atoms with Gasteiger partial charge >= 0.3 is 0 Å². The molecule has 0 amide bonds. The Morgan fingerprint density at radius 1 is 0.592 bits per heavy atom. The Morgan fingerprint density at radius 3 is 2.02 bits per heavy atom. The van der Waals surface area contributed by atoms with E-state index >= 15 is 0 Å². The normalized spacial score (nSPS) is 15.2. The molecule has 7 rings (SSSR count). The van der Waals surface area contributed by atoms with Gasteiger partial charge in [0.25, 0.3) is 0 Å². The van der Waals surface area contributed by atoms with E-state index in [4.69, 9.17) is 9.98 Å². The molecular weight excluding hydrogens is 593 g/mol. The van der Waals surface area contributed by atoms with Crippen molar-refractivity contribution in [3.63, 3.8) is 0 Å². The fourth-order valence-corrected chi connectivity index (χ4v) is 6.25. The number of fused-ring (bicyclic) bond motifs is 3. The van der Waals surface area contributed by atoms with E-state index in [0.29, 0.717) is 11.5 Å². The lowest BCUT2D eigenvalue weighted by Gasteiger charge is -2.14. The maximum atomic E-state index is 5.20. The molecule has 49 heavy (non-hydrogen) atoms. The summed E-state index contributed by atoms with van der Waals surface area (Å²) in [4.78, 5) is 10.2. The third-order valence-electron chi connectivity index (χ3n) is 8.95. The van der Waals surface area contributed by atoms with Gasteiger partial charge in [0.2, 0.25) is 0 Å². The van der Waals surface area contributed by atoms with Gasteiger partial charge in [0, 0.05) is 11.3 Å². The summed E-state index contributed by atoms with van der Waals surface area (Å²) in [7, 11) is 0. The first kappa shape index (κ1) is 31.5. The van der Waals surface area contributed by atoms with Gasteiger partial charge in [-0.3, -0.25) is 0 Å². The number of hydrogen-bond donors (Lipinski definition) is 0. The van der Waals surface area contributed by atoms with Gasteiger partial charge in [0.05, 0.1) is 5.70 Å². The second-order valence-electron chi connectivity index (χ2n) is 12.3. The van der Waals surface area contributed by atoms with Crippen LogP contribution in [0.4, 0.5) is 0 Å². The van der Waals surface area contributed by atoms with Gasteiger partial charge in [0.15, 0.2) is 5.84 Å². The summed E-state index contributed by atoms with van der Waals surface area (Å²) >= 11 is 0. The largest absolute Gasteiger partial charge is 0.233 e. The molecule has 2 nitrogen and oxygen atoms in total. The summed E-state index contributed by atoms with van der Waals surface area (Å²) < 4.78 is 0. The highest BCUT2D eigenvalue weighted by Crippen LogP contribution is 2.33. The Balaban J connectivity index is 1.41. The highest BCUT2D eigenvalue weighted by atomic mass is 14.9. The molecule has 1 aliphatic rings. The Morgan fingerprint density at radius 2 is 1.24 bits per heavy atom. The van der Waals surface area contributed by atoms with Crippen molar-refractivity contribution in [2.75, 3.05) is 0 Å². The monoisotopic (exact) mass is 630 g/mol. The van der Waals surface area contributed by atoms with Crippen molar-refractivity contribution in [2.45, 2.75) is 20.3 Å². The molecule has 0 saturated heterocycles. The predicted octanol–water partition coefficient (Wildman–Crippen LogP) is 12.4. The van der Waals surface area contributed by atoms with Crippen LogP contribution in [0.2, 0.25) is 0 Å². The number of aliphatic imine (C=N–C) groups is 2. The van der Waals surface area contributed by atoms with Gasteiger partial charge in [-0.15, -0.1) is 0 Å². The molecule has 0 saturated carbocycles. The SMILES string of the molecule is C=C(N=C(N=C(C)c1cc(C2=CC(=C/C)/C=C\CC=C2)cc(-c2ccc3ccc4ccccc4c3c2)c1)c1ccccc1)c1ccccc1. The van der Waals surface area contributed by atoms with Gasteiger partial charge < -0.3 is 0 Å². The van der Waals surface area contributed by atoms with E-state index < -0.39 is 0 Å². The van der Waals surface area contributed by atoms with Crippen LogP contribution in [0, 0.1) is 0 Å².